The fourth-order valence-corrected chi connectivity index (χ4v) is 1.45. The average Bonchev–Trinajstić information content (AvgIpc) is 2.31. The minimum Gasteiger partial charge on any atom is -0.292 e. The summed E-state index contributed by atoms with van der Waals surface area (Å²) in [6.07, 6.45) is 4.73. The molecule has 2 aromatic heterocycles. The van der Waals surface area contributed by atoms with E-state index in [1.807, 2.05) is 23.1 Å². The predicted molar refractivity (Wildman–Crippen MR) is 61.3 cm³/mol. The van der Waals surface area contributed by atoms with Crippen molar-refractivity contribution in [3.05, 3.63) is 37.1 Å². The van der Waals surface area contributed by atoms with Gasteiger partial charge in [0, 0.05) is 12.2 Å². The SMILES string of the molecule is CC(C)N(c1ccccn1)c1ncncn1. The van der Waals surface area contributed by atoms with Gasteiger partial charge in [-0.3, -0.25) is 4.90 Å². The van der Waals surface area contributed by atoms with Crippen LogP contribution in [0.4, 0.5) is 11.8 Å². The van der Waals surface area contributed by atoms with Gasteiger partial charge in [-0.15, -0.1) is 0 Å². The standard InChI is InChI=1S/C11H13N5/c1-9(2)16(10-5-3-4-6-13-10)11-14-7-12-8-15-11/h3-9H,1-2H3. The molecule has 0 aliphatic heterocycles. The van der Waals surface area contributed by atoms with Crippen LogP contribution in [-0.4, -0.2) is 26.0 Å². The Kier molecular flexibility index (Phi) is 3.05. The molecule has 0 amide bonds. The summed E-state index contributed by atoms with van der Waals surface area (Å²) >= 11 is 0. The molecule has 82 valence electrons. The van der Waals surface area contributed by atoms with Gasteiger partial charge in [-0.05, 0) is 26.0 Å². The third-order valence-electron chi connectivity index (χ3n) is 2.11. The number of anilines is 2. The van der Waals surface area contributed by atoms with Crippen molar-refractivity contribution in [2.45, 2.75) is 19.9 Å². The van der Waals surface area contributed by atoms with E-state index in [9.17, 15) is 0 Å². The van der Waals surface area contributed by atoms with Crippen LogP contribution in [0.25, 0.3) is 0 Å². The second-order valence-electron chi connectivity index (χ2n) is 3.59. The molecule has 16 heavy (non-hydrogen) atoms. The van der Waals surface area contributed by atoms with Crippen LogP contribution in [0.5, 0.6) is 0 Å². The number of aromatic nitrogens is 4. The molecular weight excluding hydrogens is 202 g/mol. The van der Waals surface area contributed by atoms with Gasteiger partial charge in [0.1, 0.15) is 18.5 Å². The van der Waals surface area contributed by atoms with E-state index in [4.69, 9.17) is 0 Å². The lowest BCUT2D eigenvalue weighted by Crippen LogP contribution is -2.28. The molecule has 0 radical (unpaired) electrons. The van der Waals surface area contributed by atoms with E-state index in [2.05, 4.69) is 33.8 Å². The molecule has 0 N–H and O–H groups in total. The van der Waals surface area contributed by atoms with Crippen LogP contribution in [0.15, 0.2) is 37.1 Å². The number of pyridine rings is 1. The highest BCUT2D eigenvalue weighted by Gasteiger charge is 2.15. The minimum absolute atomic E-state index is 0.234. The molecule has 0 aromatic carbocycles. The molecular formula is C11H13N5. The topological polar surface area (TPSA) is 54.8 Å². The van der Waals surface area contributed by atoms with Crippen molar-refractivity contribution in [3.8, 4) is 0 Å². The second kappa shape index (κ2) is 4.65. The first-order valence-corrected chi connectivity index (χ1v) is 5.11. The third kappa shape index (κ3) is 2.13. The summed E-state index contributed by atoms with van der Waals surface area (Å²) in [6, 6.07) is 6.00. The molecule has 0 spiro atoms. The maximum atomic E-state index is 4.30. The molecule has 2 heterocycles. The molecule has 5 nitrogen and oxygen atoms in total. The zero-order valence-electron chi connectivity index (χ0n) is 9.28. The fraction of sp³-hybridized carbons (Fsp3) is 0.273. The lowest BCUT2D eigenvalue weighted by Gasteiger charge is -2.24. The highest BCUT2D eigenvalue weighted by Crippen LogP contribution is 2.20. The Morgan fingerprint density at radius 3 is 2.38 bits per heavy atom. The third-order valence-corrected chi connectivity index (χ3v) is 2.11. The molecule has 0 bridgehead atoms. The number of hydrogen-bond donors (Lipinski definition) is 0. The first kappa shape index (κ1) is 10.5. The summed E-state index contributed by atoms with van der Waals surface area (Å²) in [4.78, 5) is 18.4. The van der Waals surface area contributed by atoms with Gasteiger partial charge in [0.25, 0.3) is 0 Å². The highest BCUT2D eigenvalue weighted by atomic mass is 15.3. The van der Waals surface area contributed by atoms with Crippen molar-refractivity contribution in [3.63, 3.8) is 0 Å². The van der Waals surface area contributed by atoms with Gasteiger partial charge in [0.2, 0.25) is 5.95 Å². The fourth-order valence-electron chi connectivity index (χ4n) is 1.45. The maximum absolute atomic E-state index is 4.30. The minimum atomic E-state index is 0.234. The molecule has 0 aliphatic carbocycles. The van der Waals surface area contributed by atoms with E-state index in [-0.39, 0.29) is 6.04 Å². The molecule has 5 heteroatoms. The van der Waals surface area contributed by atoms with Crippen molar-refractivity contribution in [2.75, 3.05) is 4.90 Å². The Bertz CT molecular complexity index is 389. The predicted octanol–water partition coefficient (Wildman–Crippen LogP) is 1.81. The molecule has 0 saturated heterocycles. The molecule has 0 fully saturated rings. The lowest BCUT2D eigenvalue weighted by atomic mass is 10.3. The molecule has 0 atom stereocenters. The summed E-state index contributed by atoms with van der Waals surface area (Å²) in [5, 5.41) is 0. The van der Waals surface area contributed by atoms with Gasteiger partial charge < -0.3 is 0 Å². The number of rotatable bonds is 3. The Hall–Kier alpha value is -2.04. The van der Waals surface area contributed by atoms with Gasteiger partial charge in [-0.25, -0.2) is 19.9 Å². The monoisotopic (exact) mass is 215 g/mol. The molecule has 2 aromatic rings. The first-order valence-electron chi connectivity index (χ1n) is 5.11. The Labute approximate surface area is 94.2 Å². The van der Waals surface area contributed by atoms with Gasteiger partial charge in [0.15, 0.2) is 0 Å². The van der Waals surface area contributed by atoms with Crippen LogP contribution in [0.2, 0.25) is 0 Å². The summed E-state index contributed by atoms with van der Waals surface area (Å²) in [7, 11) is 0. The van der Waals surface area contributed by atoms with E-state index < -0.39 is 0 Å². The number of nitrogens with zero attached hydrogens (tertiary/aromatic N) is 5. The van der Waals surface area contributed by atoms with Gasteiger partial charge in [-0.2, -0.15) is 0 Å². The zero-order chi connectivity index (χ0) is 11.4. The van der Waals surface area contributed by atoms with Crippen LogP contribution in [0.1, 0.15) is 13.8 Å². The van der Waals surface area contributed by atoms with E-state index >= 15 is 0 Å². The first-order chi connectivity index (χ1) is 7.79. The van der Waals surface area contributed by atoms with E-state index in [0.29, 0.717) is 5.95 Å². The van der Waals surface area contributed by atoms with Crippen LogP contribution in [0, 0.1) is 0 Å². The maximum Gasteiger partial charge on any atom is 0.234 e. The van der Waals surface area contributed by atoms with Crippen LogP contribution in [-0.2, 0) is 0 Å². The summed E-state index contributed by atoms with van der Waals surface area (Å²) < 4.78 is 0. The van der Waals surface area contributed by atoms with Crippen LogP contribution >= 0.6 is 0 Å². The zero-order valence-corrected chi connectivity index (χ0v) is 9.28. The number of hydrogen-bond acceptors (Lipinski definition) is 5. The Morgan fingerprint density at radius 2 is 1.81 bits per heavy atom. The summed E-state index contributed by atoms with van der Waals surface area (Å²) in [5.41, 5.74) is 0. The average molecular weight is 215 g/mol. The van der Waals surface area contributed by atoms with Gasteiger partial charge in [0.05, 0.1) is 0 Å². The Balaban J connectivity index is 2.40. The van der Waals surface area contributed by atoms with Gasteiger partial charge in [-0.1, -0.05) is 6.07 Å². The van der Waals surface area contributed by atoms with Crippen LogP contribution in [0.3, 0.4) is 0 Å². The highest BCUT2D eigenvalue weighted by molar-refractivity contribution is 5.52. The Morgan fingerprint density at radius 1 is 1.06 bits per heavy atom. The van der Waals surface area contributed by atoms with Crippen molar-refractivity contribution in [1.82, 2.24) is 19.9 Å². The van der Waals surface area contributed by atoms with Crippen molar-refractivity contribution in [2.24, 2.45) is 0 Å². The van der Waals surface area contributed by atoms with E-state index in [1.165, 1.54) is 12.7 Å². The molecule has 0 unspecified atom stereocenters. The van der Waals surface area contributed by atoms with Crippen molar-refractivity contribution in [1.29, 1.82) is 0 Å². The molecule has 2 rings (SSSR count). The van der Waals surface area contributed by atoms with Crippen molar-refractivity contribution < 1.29 is 0 Å². The van der Waals surface area contributed by atoms with Crippen molar-refractivity contribution >= 4 is 11.8 Å². The van der Waals surface area contributed by atoms with E-state index in [0.717, 1.165) is 5.82 Å². The smallest absolute Gasteiger partial charge is 0.234 e. The van der Waals surface area contributed by atoms with Crippen LogP contribution < -0.4 is 4.90 Å². The lowest BCUT2D eigenvalue weighted by molar-refractivity contribution is 0.747. The molecule has 0 saturated carbocycles. The normalized spacial score (nSPS) is 10.4. The summed E-state index contributed by atoms with van der Waals surface area (Å²) in [6.45, 7) is 4.14. The second-order valence-corrected chi connectivity index (χ2v) is 3.59. The summed E-state index contributed by atoms with van der Waals surface area (Å²) in [5.74, 6) is 1.45. The largest absolute Gasteiger partial charge is 0.292 e. The van der Waals surface area contributed by atoms with E-state index in [1.54, 1.807) is 6.20 Å². The quantitative estimate of drug-likeness (QED) is 0.781. The molecule has 0 aliphatic rings. The van der Waals surface area contributed by atoms with Gasteiger partial charge >= 0.3 is 0 Å².